The van der Waals surface area contributed by atoms with E-state index in [0.29, 0.717) is 22.5 Å². The molecular weight excluding hydrogens is 410 g/mol. The number of rotatable bonds is 5. The quantitative estimate of drug-likeness (QED) is 0.606. The van der Waals surface area contributed by atoms with Crippen molar-refractivity contribution in [2.75, 3.05) is 5.32 Å². The van der Waals surface area contributed by atoms with Crippen LogP contribution in [0.2, 0.25) is 0 Å². The lowest BCUT2D eigenvalue weighted by molar-refractivity contribution is 0.102. The number of sulfonamides is 1. The fraction of sp³-hybridized carbons (Fsp3) is 0.167. The first-order chi connectivity index (χ1) is 14.9. The summed E-state index contributed by atoms with van der Waals surface area (Å²) in [6.45, 7) is 1.77. The number of nitrogens with one attached hydrogen (secondary N) is 2. The third kappa shape index (κ3) is 5.37. The number of amides is 1. The minimum absolute atomic E-state index is 0.00138. The summed E-state index contributed by atoms with van der Waals surface area (Å²) in [4.78, 5) is 17.1. The zero-order valence-corrected chi connectivity index (χ0v) is 17.7. The minimum Gasteiger partial charge on any atom is -0.322 e. The van der Waals surface area contributed by atoms with Crippen molar-refractivity contribution in [3.8, 4) is 11.8 Å². The summed E-state index contributed by atoms with van der Waals surface area (Å²) in [6, 6.07) is 17.2. The van der Waals surface area contributed by atoms with Crippen molar-refractivity contribution < 1.29 is 13.2 Å². The van der Waals surface area contributed by atoms with Crippen LogP contribution in [-0.4, -0.2) is 25.4 Å². The molecule has 0 radical (unpaired) electrons. The molecule has 2 N–H and O–H groups in total. The van der Waals surface area contributed by atoms with Gasteiger partial charge in [-0.25, -0.2) is 18.1 Å². The molecule has 0 atom stereocenters. The normalized spacial score (nSPS) is 13.2. The second-order valence-corrected chi connectivity index (χ2v) is 9.09. The maximum atomic E-state index is 12.9. The first-order valence-electron chi connectivity index (χ1n) is 9.88. The molecule has 7 heteroatoms. The van der Waals surface area contributed by atoms with Gasteiger partial charge < -0.3 is 5.32 Å². The predicted molar refractivity (Wildman–Crippen MR) is 119 cm³/mol. The molecule has 0 spiro atoms. The molecule has 0 unspecified atom stereocenters. The largest absolute Gasteiger partial charge is 0.322 e. The first kappa shape index (κ1) is 20.8. The molecule has 156 valence electrons. The van der Waals surface area contributed by atoms with Crippen molar-refractivity contribution in [1.29, 1.82) is 0 Å². The third-order valence-corrected chi connectivity index (χ3v) is 6.30. The zero-order chi connectivity index (χ0) is 21.8. The van der Waals surface area contributed by atoms with Crippen LogP contribution in [0.3, 0.4) is 0 Å². The number of benzene rings is 2. The van der Waals surface area contributed by atoms with Crippen LogP contribution in [0.15, 0.2) is 71.8 Å². The lowest BCUT2D eigenvalue weighted by atomic mass is 10.1. The van der Waals surface area contributed by atoms with Gasteiger partial charge in [-0.15, -0.1) is 0 Å². The van der Waals surface area contributed by atoms with Gasteiger partial charge in [0.15, 0.2) is 0 Å². The molecule has 1 fully saturated rings. The number of aryl methyl sites for hydroxylation is 1. The number of anilines is 1. The van der Waals surface area contributed by atoms with Gasteiger partial charge in [0.1, 0.15) is 5.69 Å². The molecule has 1 heterocycles. The highest BCUT2D eigenvalue weighted by atomic mass is 32.2. The van der Waals surface area contributed by atoms with Gasteiger partial charge in [-0.2, -0.15) is 0 Å². The van der Waals surface area contributed by atoms with Crippen LogP contribution in [-0.2, 0) is 10.0 Å². The molecule has 1 amide bonds. The Morgan fingerprint density at radius 2 is 1.87 bits per heavy atom. The number of hydrogen-bond donors (Lipinski definition) is 2. The number of aromatic nitrogens is 1. The van der Waals surface area contributed by atoms with E-state index in [1.54, 1.807) is 37.4 Å². The van der Waals surface area contributed by atoms with E-state index < -0.39 is 10.0 Å². The highest BCUT2D eigenvalue weighted by molar-refractivity contribution is 7.89. The lowest BCUT2D eigenvalue weighted by Crippen LogP contribution is -2.26. The Kier molecular flexibility index (Phi) is 5.85. The van der Waals surface area contributed by atoms with Crippen molar-refractivity contribution in [2.24, 2.45) is 0 Å². The van der Waals surface area contributed by atoms with Crippen molar-refractivity contribution in [3.63, 3.8) is 0 Å². The third-order valence-electron chi connectivity index (χ3n) is 4.78. The number of pyridine rings is 1. The van der Waals surface area contributed by atoms with E-state index in [4.69, 9.17) is 0 Å². The molecule has 1 aliphatic carbocycles. The molecule has 1 saturated carbocycles. The number of carbonyl (C=O) groups excluding carboxylic acids is 1. The second-order valence-electron chi connectivity index (χ2n) is 7.37. The van der Waals surface area contributed by atoms with Crippen molar-refractivity contribution >= 4 is 21.6 Å². The Morgan fingerprint density at radius 1 is 1.03 bits per heavy atom. The van der Waals surface area contributed by atoms with E-state index in [0.717, 1.165) is 18.4 Å². The molecule has 2 aromatic carbocycles. The van der Waals surface area contributed by atoms with Crippen molar-refractivity contribution in [1.82, 2.24) is 9.71 Å². The highest BCUT2D eigenvalue weighted by Gasteiger charge is 2.28. The van der Waals surface area contributed by atoms with Gasteiger partial charge in [0.2, 0.25) is 10.0 Å². The average Bonchev–Trinajstić information content (AvgIpc) is 3.57. The molecule has 4 rings (SSSR count). The van der Waals surface area contributed by atoms with Gasteiger partial charge in [-0.3, -0.25) is 4.79 Å². The number of hydrogen-bond acceptors (Lipinski definition) is 4. The SMILES string of the molecule is Cc1ccc(S(=O)(=O)NC2CC2)cc1C(=O)Nc1cccc(C#Cc2ccccn2)c1. The van der Waals surface area contributed by atoms with E-state index >= 15 is 0 Å². The zero-order valence-electron chi connectivity index (χ0n) is 16.9. The van der Waals surface area contributed by atoms with Crippen molar-refractivity contribution in [3.05, 3.63) is 89.2 Å². The summed E-state index contributed by atoms with van der Waals surface area (Å²) in [6.07, 6.45) is 3.37. The fourth-order valence-corrected chi connectivity index (χ4v) is 4.28. The van der Waals surface area contributed by atoms with Gasteiger partial charge in [-0.05, 0) is 73.7 Å². The van der Waals surface area contributed by atoms with Crippen LogP contribution in [0.5, 0.6) is 0 Å². The first-order valence-corrected chi connectivity index (χ1v) is 11.4. The van der Waals surface area contributed by atoms with Crippen LogP contribution in [0, 0.1) is 18.8 Å². The standard InChI is InChI=1S/C24H21N3O3S/c1-17-8-13-22(31(29,30)27-20-11-12-20)16-23(17)24(28)26-21-7-4-5-18(15-21)9-10-19-6-2-3-14-25-19/h2-8,13-16,20,27H,11-12H2,1H3,(H,26,28). The molecular formula is C24H21N3O3S. The Hall–Kier alpha value is -3.47. The monoisotopic (exact) mass is 431 g/mol. The van der Waals surface area contributed by atoms with Crippen molar-refractivity contribution in [2.45, 2.75) is 30.7 Å². The minimum atomic E-state index is -3.64. The second kappa shape index (κ2) is 8.72. The van der Waals surface area contributed by atoms with Crippen LogP contribution < -0.4 is 10.0 Å². The molecule has 3 aromatic rings. The average molecular weight is 432 g/mol. The summed E-state index contributed by atoms with van der Waals surface area (Å²) in [5.41, 5.74) is 2.95. The van der Waals surface area contributed by atoms with E-state index in [1.165, 1.54) is 12.1 Å². The fourth-order valence-electron chi connectivity index (χ4n) is 2.95. The Bertz CT molecular complexity index is 1290. The highest BCUT2D eigenvalue weighted by Crippen LogP contribution is 2.23. The Balaban J connectivity index is 1.53. The van der Waals surface area contributed by atoms with Gasteiger partial charge in [-0.1, -0.05) is 24.1 Å². The molecule has 0 aliphatic heterocycles. The summed E-state index contributed by atoms with van der Waals surface area (Å²) in [5, 5.41) is 2.83. The number of carbonyl (C=O) groups is 1. The topological polar surface area (TPSA) is 88.2 Å². The van der Waals surface area contributed by atoms with Gasteiger partial charge in [0, 0.05) is 29.1 Å². The van der Waals surface area contributed by atoms with Crippen LogP contribution in [0.1, 0.15) is 40.0 Å². The lowest BCUT2D eigenvalue weighted by Gasteiger charge is -2.11. The Labute approximate surface area is 181 Å². The summed E-state index contributed by atoms with van der Waals surface area (Å²) in [7, 11) is -3.64. The van der Waals surface area contributed by atoms with E-state index in [-0.39, 0.29) is 16.8 Å². The predicted octanol–water partition coefficient (Wildman–Crippen LogP) is 3.48. The smallest absolute Gasteiger partial charge is 0.255 e. The van der Waals surface area contributed by atoms with Crippen LogP contribution in [0.4, 0.5) is 5.69 Å². The van der Waals surface area contributed by atoms with Gasteiger partial charge >= 0.3 is 0 Å². The maximum Gasteiger partial charge on any atom is 0.255 e. The van der Waals surface area contributed by atoms with E-state index in [9.17, 15) is 13.2 Å². The van der Waals surface area contributed by atoms with E-state index in [1.807, 2.05) is 24.3 Å². The Morgan fingerprint density at radius 3 is 2.61 bits per heavy atom. The molecule has 1 aliphatic rings. The van der Waals surface area contributed by atoms with Gasteiger partial charge in [0.05, 0.1) is 4.90 Å². The number of nitrogens with zero attached hydrogens (tertiary/aromatic N) is 1. The summed E-state index contributed by atoms with van der Waals surface area (Å²) in [5.74, 6) is 5.63. The van der Waals surface area contributed by atoms with E-state index in [2.05, 4.69) is 26.9 Å². The molecule has 31 heavy (non-hydrogen) atoms. The van der Waals surface area contributed by atoms with Crippen LogP contribution >= 0.6 is 0 Å². The van der Waals surface area contributed by atoms with Gasteiger partial charge in [0.25, 0.3) is 5.91 Å². The van der Waals surface area contributed by atoms with Crippen LogP contribution in [0.25, 0.3) is 0 Å². The maximum absolute atomic E-state index is 12.9. The summed E-state index contributed by atoms with van der Waals surface area (Å²) >= 11 is 0. The molecule has 1 aromatic heterocycles. The summed E-state index contributed by atoms with van der Waals surface area (Å²) < 4.78 is 27.6. The molecule has 0 saturated heterocycles. The molecule has 6 nitrogen and oxygen atoms in total. The molecule has 0 bridgehead atoms.